The number of rotatable bonds is 10. The van der Waals surface area contributed by atoms with Gasteiger partial charge in [0.1, 0.15) is 47.0 Å². The Labute approximate surface area is 371 Å². The number of carbonyl (C=O) groups excluding carboxylic acids is 5. The molecule has 1 aromatic carbocycles. The summed E-state index contributed by atoms with van der Waals surface area (Å²) in [6.07, 6.45) is 5.19. The second-order valence-electron chi connectivity index (χ2n) is 18.7. The van der Waals surface area contributed by atoms with Gasteiger partial charge in [0, 0.05) is 48.3 Å². The van der Waals surface area contributed by atoms with Gasteiger partial charge in [-0.3, -0.25) is 24.1 Å². The molecule has 5 heterocycles. The molecular weight excluding hydrogens is 829 g/mol. The second kappa shape index (κ2) is 18.7. The number of thiazole rings is 1. The number of carboxylic acids is 1. The van der Waals surface area contributed by atoms with Crippen LogP contribution in [-0.2, 0) is 24.0 Å². The highest BCUT2D eigenvalue weighted by atomic mass is 32.1. The van der Waals surface area contributed by atoms with Crippen molar-refractivity contribution in [1.82, 2.24) is 35.7 Å². The number of aromatic nitrogens is 2. The molecule has 17 nitrogen and oxygen atoms in total. The van der Waals surface area contributed by atoms with E-state index in [2.05, 4.69) is 21.3 Å². The summed E-state index contributed by atoms with van der Waals surface area (Å²) in [5.41, 5.74) is -0.463. The molecule has 0 bridgehead atoms. The highest BCUT2D eigenvalue weighted by Crippen LogP contribution is 2.48. The number of benzene rings is 1. The Morgan fingerprint density at radius 3 is 2.43 bits per heavy atom. The second-order valence-corrected chi connectivity index (χ2v) is 19.5. The summed E-state index contributed by atoms with van der Waals surface area (Å²) < 4.78 is 12.3. The number of aliphatic carboxylic acids is 1. The molecule has 6 atom stereocenters. The summed E-state index contributed by atoms with van der Waals surface area (Å²) >= 11 is 1.45. The monoisotopic (exact) mass is 888 g/mol. The molecule has 3 aliphatic heterocycles. The number of likely N-dealkylation sites (tertiary alicyclic amines) is 1. The molecule has 18 heteroatoms. The molecule has 340 valence electrons. The van der Waals surface area contributed by atoms with Crippen LogP contribution in [0.2, 0.25) is 0 Å². The summed E-state index contributed by atoms with van der Waals surface area (Å²) in [6, 6.07) is 3.31. The van der Waals surface area contributed by atoms with Gasteiger partial charge in [-0.25, -0.2) is 19.6 Å². The van der Waals surface area contributed by atoms with Crippen molar-refractivity contribution < 1.29 is 43.3 Å². The van der Waals surface area contributed by atoms with Crippen LogP contribution in [0.4, 0.5) is 9.93 Å². The zero-order valence-corrected chi connectivity index (χ0v) is 37.8. The first-order chi connectivity index (χ1) is 30.0. The molecule has 0 radical (unpaired) electrons. The topological polar surface area (TPSA) is 221 Å². The van der Waals surface area contributed by atoms with E-state index in [9.17, 15) is 33.9 Å². The van der Waals surface area contributed by atoms with Gasteiger partial charge in [0.25, 0.3) is 5.91 Å². The number of hydrogen-bond acceptors (Lipinski definition) is 12. The number of methoxy groups -OCH3 is 1. The third-order valence-electron chi connectivity index (χ3n) is 12.5. The molecule has 3 saturated heterocycles. The fourth-order valence-electron chi connectivity index (χ4n) is 8.98. The zero-order chi connectivity index (χ0) is 45.2. The van der Waals surface area contributed by atoms with Crippen molar-refractivity contribution >= 4 is 63.0 Å². The minimum Gasteiger partial charge on any atom is -0.497 e. The number of pyridine rings is 1. The number of fused-ring (bicyclic) bond motifs is 3. The van der Waals surface area contributed by atoms with Gasteiger partial charge in [-0.05, 0) is 63.0 Å². The van der Waals surface area contributed by atoms with Gasteiger partial charge in [0.05, 0.1) is 24.9 Å². The van der Waals surface area contributed by atoms with Crippen LogP contribution in [-0.4, -0.2) is 117 Å². The Bertz CT molecular complexity index is 2240. The highest BCUT2D eigenvalue weighted by molar-refractivity contribution is 7.14. The lowest BCUT2D eigenvalue weighted by atomic mass is 9.86. The average molecular weight is 889 g/mol. The van der Waals surface area contributed by atoms with E-state index in [1.807, 2.05) is 25.3 Å². The van der Waals surface area contributed by atoms with Crippen LogP contribution >= 0.6 is 11.3 Å². The highest BCUT2D eigenvalue weighted by Gasteiger charge is 2.62. The number of nitrogens with zero attached hydrogens (tertiary/aromatic N) is 4. The summed E-state index contributed by atoms with van der Waals surface area (Å²) in [6.45, 7) is 9.64. The minimum absolute atomic E-state index is 0.0375. The molecule has 1 unspecified atom stereocenters. The van der Waals surface area contributed by atoms with Crippen molar-refractivity contribution in [3.63, 3.8) is 0 Å². The fourth-order valence-corrected chi connectivity index (χ4v) is 9.84. The predicted octanol–water partition coefficient (Wildman–Crippen LogP) is 5.47. The Kier molecular flexibility index (Phi) is 13.5. The van der Waals surface area contributed by atoms with Crippen molar-refractivity contribution in [3.8, 4) is 22.9 Å². The summed E-state index contributed by atoms with van der Waals surface area (Å²) in [5.74, 6) is -2.25. The molecule has 2 aromatic heterocycles. The maximum absolute atomic E-state index is 14.9. The minimum atomic E-state index is -1.43. The maximum atomic E-state index is 14.9. The zero-order valence-electron chi connectivity index (χ0n) is 37.0. The Balaban J connectivity index is 1.19. The molecule has 7 rings (SSSR count). The molecule has 4 fully saturated rings. The van der Waals surface area contributed by atoms with Crippen LogP contribution in [0.15, 0.2) is 29.6 Å². The van der Waals surface area contributed by atoms with Crippen LogP contribution in [0.1, 0.15) is 105 Å². The largest absolute Gasteiger partial charge is 0.497 e. The lowest BCUT2D eigenvalue weighted by Gasteiger charge is -2.34. The summed E-state index contributed by atoms with van der Waals surface area (Å²) in [4.78, 5) is 94.3. The van der Waals surface area contributed by atoms with Crippen molar-refractivity contribution in [3.05, 3.63) is 29.6 Å². The van der Waals surface area contributed by atoms with Crippen molar-refractivity contribution in [2.24, 2.45) is 11.3 Å². The maximum Gasteiger partial charge on any atom is 0.329 e. The average Bonchev–Trinajstić information content (AvgIpc) is 3.58. The SMILES string of the molecule is COc1ccc2c(O[C@@H]3C[C@H]4C(=O)N[C@]5(C(=O)O)CC5CCCCCCC[C@H](NC(=O)N[C@H](C(=O)N5CCCC5=O)C(C)(C)C)C(=O)N4C3)cc(-c3csc(NC(C)C)n3)nc2c1. The summed E-state index contributed by atoms with van der Waals surface area (Å²) in [7, 11) is 1.57. The van der Waals surface area contributed by atoms with E-state index in [1.54, 1.807) is 46.1 Å². The third-order valence-corrected chi connectivity index (χ3v) is 13.3. The van der Waals surface area contributed by atoms with E-state index >= 15 is 0 Å². The van der Waals surface area contributed by atoms with E-state index < -0.39 is 64.9 Å². The van der Waals surface area contributed by atoms with Gasteiger partial charge in [0.15, 0.2) is 5.13 Å². The molecule has 4 aliphatic rings. The van der Waals surface area contributed by atoms with Gasteiger partial charge in [-0.2, -0.15) is 0 Å². The number of carbonyl (C=O) groups is 6. The lowest BCUT2D eigenvalue weighted by Crippen LogP contribution is -2.60. The van der Waals surface area contributed by atoms with E-state index in [0.717, 1.165) is 30.8 Å². The normalized spacial score (nSPS) is 25.0. The van der Waals surface area contributed by atoms with Crippen LogP contribution in [0, 0.1) is 11.3 Å². The molecule has 63 heavy (non-hydrogen) atoms. The molecular formula is C45H60N8O9S. The first-order valence-corrected chi connectivity index (χ1v) is 23.0. The summed E-state index contributed by atoms with van der Waals surface area (Å²) in [5, 5.41) is 25.5. The van der Waals surface area contributed by atoms with Gasteiger partial charge < -0.3 is 40.7 Å². The van der Waals surface area contributed by atoms with E-state index in [1.165, 1.54) is 21.1 Å². The molecule has 1 saturated carbocycles. The number of amides is 6. The van der Waals surface area contributed by atoms with E-state index in [4.69, 9.17) is 19.4 Å². The van der Waals surface area contributed by atoms with Gasteiger partial charge in [-0.1, -0.05) is 52.9 Å². The third kappa shape index (κ3) is 10.2. The van der Waals surface area contributed by atoms with Gasteiger partial charge in [-0.15, -0.1) is 11.3 Å². The predicted molar refractivity (Wildman–Crippen MR) is 236 cm³/mol. The van der Waals surface area contributed by atoms with Crippen LogP contribution < -0.4 is 30.7 Å². The van der Waals surface area contributed by atoms with Crippen molar-refractivity contribution in [2.75, 3.05) is 25.5 Å². The van der Waals surface area contributed by atoms with Crippen LogP contribution in [0.3, 0.4) is 0 Å². The standard InChI is InChI=1S/C45H60N8O9S/c1-25(2)46-43-49-33(24-63-43)32-21-35(29-17-16-27(61-6)19-31(29)47-32)62-28-20-34-38(55)51-45(41(58)59)22-26(45)13-10-8-7-9-11-14-30(39(56)53(34)23-28)48-42(60)50-37(44(3,4)5)40(57)52-18-12-15-36(52)54/h16-17,19,21,24-26,28,30,34,37H,7-15,18,20,22-23H2,1-6H3,(H,46,49)(H,51,55)(H,58,59)(H2,48,50,60)/t26?,28-,30+,34+,37-,45-/m1/s1. The number of carboxylic acid groups (broad SMARTS) is 1. The molecule has 5 N–H and O–H groups in total. The molecule has 1 aliphatic carbocycles. The molecule has 6 amide bonds. The van der Waals surface area contributed by atoms with Gasteiger partial charge in [0.2, 0.25) is 17.7 Å². The van der Waals surface area contributed by atoms with Gasteiger partial charge >= 0.3 is 12.0 Å². The first-order valence-electron chi connectivity index (χ1n) is 22.1. The van der Waals surface area contributed by atoms with Crippen molar-refractivity contribution in [2.45, 2.75) is 141 Å². The van der Waals surface area contributed by atoms with Crippen LogP contribution in [0.25, 0.3) is 22.3 Å². The number of anilines is 1. The van der Waals surface area contributed by atoms with E-state index in [0.29, 0.717) is 59.5 Å². The number of ether oxygens (including phenoxy) is 2. The smallest absolute Gasteiger partial charge is 0.329 e. The molecule has 3 aromatic rings. The van der Waals surface area contributed by atoms with Crippen molar-refractivity contribution in [1.29, 1.82) is 0 Å². The van der Waals surface area contributed by atoms with E-state index in [-0.39, 0.29) is 50.2 Å². The Morgan fingerprint density at radius 1 is 1.00 bits per heavy atom. The number of hydrogen-bond donors (Lipinski definition) is 5. The number of imide groups is 1. The molecule has 0 spiro atoms. The number of urea groups is 1. The first kappa shape index (κ1) is 45.5. The Morgan fingerprint density at radius 2 is 1.75 bits per heavy atom. The Hall–Kier alpha value is -5.52. The lowest BCUT2D eigenvalue weighted by molar-refractivity contribution is -0.146. The fraction of sp³-hybridized carbons (Fsp3) is 0.600. The number of nitrogens with one attached hydrogen (secondary N) is 4. The van der Waals surface area contributed by atoms with Crippen LogP contribution in [0.5, 0.6) is 11.5 Å². The quantitative estimate of drug-likeness (QED) is 0.171.